The van der Waals surface area contributed by atoms with Gasteiger partial charge in [-0.1, -0.05) is 0 Å². The van der Waals surface area contributed by atoms with Gasteiger partial charge in [-0.05, 0) is 53.4 Å². The van der Waals surface area contributed by atoms with Gasteiger partial charge in [-0.25, -0.2) is 4.98 Å². The van der Waals surface area contributed by atoms with E-state index in [1.165, 1.54) is 18.4 Å². The molecule has 1 fully saturated rings. The van der Waals surface area contributed by atoms with Gasteiger partial charge >= 0.3 is 0 Å². The number of aromatic nitrogens is 2. The van der Waals surface area contributed by atoms with Gasteiger partial charge in [0.15, 0.2) is 0 Å². The Balaban J connectivity index is 2.11. The van der Waals surface area contributed by atoms with Crippen LogP contribution in [0.2, 0.25) is 0 Å². The van der Waals surface area contributed by atoms with E-state index >= 15 is 0 Å². The first-order valence-electron chi connectivity index (χ1n) is 5.92. The summed E-state index contributed by atoms with van der Waals surface area (Å²) in [7, 11) is 0. The molecule has 3 rings (SSSR count). The summed E-state index contributed by atoms with van der Waals surface area (Å²) in [6.07, 6.45) is 4.41. The molecule has 2 heterocycles. The number of hydrogen-bond acceptors (Lipinski definition) is 3. The van der Waals surface area contributed by atoms with Gasteiger partial charge < -0.3 is 4.90 Å². The molecule has 0 amide bonds. The van der Waals surface area contributed by atoms with Gasteiger partial charge in [0.25, 0.3) is 0 Å². The number of aryl methyl sites for hydroxylation is 1. The molecule has 4 heteroatoms. The zero-order chi connectivity index (χ0) is 11.8. The lowest BCUT2D eigenvalue weighted by Gasteiger charge is -2.16. The van der Waals surface area contributed by atoms with E-state index in [-0.39, 0.29) is 0 Å². The Bertz CT molecular complexity index is 562. The summed E-state index contributed by atoms with van der Waals surface area (Å²) >= 11 is 3.57. The average Bonchev–Trinajstić information content (AvgIpc) is 2.82. The van der Waals surface area contributed by atoms with E-state index < -0.39 is 0 Å². The topological polar surface area (TPSA) is 29.0 Å². The van der Waals surface area contributed by atoms with Gasteiger partial charge in [0.2, 0.25) is 0 Å². The van der Waals surface area contributed by atoms with Crippen LogP contribution in [0.3, 0.4) is 0 Å². The van der Waals surface area contributed by atoms with Crippen molar-refractivity contribution in [1.29, 1.82) is 0 Å². The number of nitrogens with zero attached hydrogens (tertiary/aromatic N) is 3. The second-order valence-electron chi connectivity index (χ2n) is 4.54. The highest BCUT2D eigenvalue weighted by Crippen LogP contribution is 2.26. The van der Waals surface area contributed by atoms with E-state index in [1.807, 2.05) is 6.20 Å². The minimum atomic E-state index is 0.958. The average molecular weight is 292 g/mol. The van der Waals surface area contributed by atoms with Crippen LogP contribution >= 0.6 is 15.9 Å². The van der Waals surface area contributed by atoms with Crippen LogP contribution in [0.1, 0.15) is 18.4 Å². The molecule has 1 aromatic heterocycles. The third-order valence-electron chi connectivity index (χ3n) is 3.16. The summed E-state index contributed by atoms with van der Waals surface area (Å²) in [5.74, 6) is 1.000. The van der Waals surface area contributed by atoms with Crippen molar-refractivity contribution in [2.24, 2.45) is 0 Å². The fourth-order valence-electron chi connectivity index (χ4n) is 2.29. The molecule has 2 aromatic rings. The standard InChI is InChI=1S/C13H14BrN3/c1-9-6-10(14)13-11(7-9)15-8-12(16-13)17-4-2-3-5-17/h6-8H,2-5H2,1H3. The minimum absolute atomic E-state index is 0.958. The second kappa shape index (κ2) is 4.26. The number of rotatable bonds is 1. The zero-order valence-electron chi connectivity index (χ0n) is 9.78. The number of fused-ring (bicyclic) bond motifs is 1. The van der Waals surface area contributed by atoms with E-state index in [1.54, 1.807) is 0 Å². The Morgan fingerprint density at radius 3 is 2.76 bits per heavy atom. The molecule has 0 spiro atoms. The van der Waals surface area contributed by atoms with Gasteiger partial charge in [0.05, 0.1) is 11.7 Å². The predicted molar refractivity (Wildman–Crippen MR) is 73.4 cm³/mol. The highest BCUT2D eigenvalue weighted by molar-refractivity contribution is 9.10. The van der Waals surface area contributed by atoms with Crippen LogP contribution in [-0.4, -0.2) is 23.1 Å². The molecule has 0 unspecified atom stereocenters. The summed E-state index contributed by atoms with van der Waals surface area (Å²) in [4.78, 5) is 11.5. The number of hydrogen-bond donors (Lipinski definition) is 0. The lowest BCUT2D eigenvalue weighted by atomic mass is 10.2. The molecular weight excluding hydrogens is 278 g/mol. The second-order valence-corrected chi connectivity index (χ2v) is 5.39. The number of benzene rings is 1. The Hall–Kier alpha value is -1.16. The van der Waals surface area contributed by atoms with Crippen LogP contribution in [-0.2, 0) is 0 Å². The van der Waals surface area contributed by atoms with Crippen molar-refractivity contribution < 1.29 is 0 Å². The highest BCUT2D eigenvalue weighted by atomic mass is 79.9. The van der Waals surface area contributed by atoms with Crippen LogP contribution in [0.4, 0.5) is 5.82 Å². The van der Waals surface area contributed by atoms with Gasteiger partial charge in [-0.2, -0.15) is 0 Å². The normalized spacial score (nSPS) is 15.8. The largest absolute Gasteiger partial charge is 0.355 e. The molecule has 0 N–H and O–H groups in total. The maximum absolute atomic E-state index is 4.71. The lowest BCUT2D eigenvalue weighted by Crippen LogP contribution is -2.19. The van der Waals surface area contributed by atoms with E-state index in [4.69, 9.17) is 4.98 Å². The molecule has 88 valence electrons. The minimum Gasteiger partial charge on any atom is -0.355 e. The molecule has 0 radical (unpaired) electrons. The van der Waals surface area contributed by atoms with Crippen molar-refractivity contribution in [2.75, 3.05) is 18.0 Å². The van der Waals surface area contributed by atoms with E-state index in [9.17, 15) is 0 Å². The lowest BCUT2D eigenvalue weighted by molar-refractivity contribution is 0.936. The Morgan fingerprint density at radius 2 is 2.00 bits per heavy atom. The van der Waals surface area contributed by atoms with Gasteiger partial charge in [-0.3, -0.25) is 4.98 Å². The van der Waals surface area contributed by atoms with E-state index in [0.29, 0.717) is 0 Å². The van der Waals surface area contributed by atoms with Gasteiger partial charge in [0.1, 0.15) is 11.3 Å². The smallest absolute Gasteiger partial charge is 0.147 e. The Labute approximate surface area is 109 Å². The van der Waals surface area contributed by atoms with Crippen molar-refractivity contribution in [3.63, 3.8) is 0 Å². The van der Waals surface area contributed by atoms with Crippen molar-refractivity contribution >= 4 is 32.8 Å². The molecule has 1 saturated heterocycles. The third-order valence-corrected chi connectivity index (χ3v) is 3.77. The predicted octanol–water partition coefficient (Wildman–Crippen LogP) is 3.30. The monoisotopic (exact) mass is 291 g/mol. The van der Waals surface area contributed by atoms with Crippen molar-refractivity contribution in [2.45, 2.75) is 19.8 Å². The summed E-state index contributed by atoms with van der Waals surface area (Å²) < 4.78 is 1.03. The van der Waals surface area contributed by atoms with E-state index in [0.717, 1.165) is 34.4 Å². The molecule has 0 saturated carbocycles. The first-order valence-corrected chi connectivity index (χ1v) is 6.71. The fourth-order valence-corrected chi connectivity index (χ4v) is 2.95. The van der Waals surface area contributed by atoms with Crippen LogP contribution in [0.15, 0.2) is 22.8 Å². The Morgan fingerprint density at radius 1 is 1.24 bits per heavy atom. The maximum atomic E-state index is 4.71. The molecule has 1 aliphatic heterocycles. The fraction of sp³-hybridized carbons (Fsp3) is 0.385. The van der Waals surface area contributed by atoms with Gasteiger partial charge in [0, 0.05) is 17.6 Å². The summed E-state index contributed by atoms with van der Waals surface area (Å²) in [5, 5.41) is 0. The Kier molecular flexibility index (Phi) is 2.74. The summed E-state index contributed by atoms with van der Waals surface area (Å²) in [6.45, 7) is 4.27. The number of anilines is 1. The van der Waals surface area contributed by atoms with Crippen LogP contribution < -0.4 is 4.90 Å². The first-order chi connectivity index (χ1) is 8.24. The van der Waals surface area contributed by atoms with Gasteiger partial charge in [-0.15, -0.1) is 0 Å². The summed E-state index contributed by atoms with van der Waals surface area (Å²) in [6, 6.07) is 4.16. The van der Waals surface area contributed by atoms with E-state index in [2.05, 4.69) is 44.9 Å². The molecule has 1 aromatic carbocycles. The summed E-state index contributed by atoms with van der Waals surface area (Å²) in [5.41, 5.74) is 3.12. The first kappa shape index (κ1) is 11.0. The third kappa shape index (κ3) is 2.02. The highest BCUT2D eigenvalue weighted by Gasteiger charge is 2.14. The molecule has 17 heavy (non-hydrogen) atoms. The van der Waals surface area contributed by atoms with Crippen LogP contribution in [0.5, 0.6) is 0 Å². The molecule has 0 atom stereocenters. The molecule has 0 bridgehead atoms. The van der Waals surface area contributed by atoms with Crippen molar-refractivity contribution in [3.8, 4) is 0 Å². The van der Waals surface area contributed by atoms with Crippen molar-refractivity contribution in [1.82, 2.24) is 9.97 Å². The molecular formula is C13H14BrN3. The van der Waals surface area contributed by atoms with Crippen molar-refractivity contribution in [3.05, 3.63) is 28.4 Å². The number of halogens is 1. The molecule has 1 aliphatic rings. The molecule has 3 nitrogen and oxygen atoms in total. The quantitative estimate of drug-likeness (QED) is 0.807. The zero-order valence-corrected chi connectivity index (χ0v) is 11.4. The SMILES string of the molecule is Cc1cc(Br)c2nc(N3CCCC3)cnc2c1. The molecule has 0 aliphatic carbocycles. The maximum Gasteiger partial charge on any atom is 0.147 e. The van der Waals surface area contributed by atoms with Crippen LogP contribution in [0.25, 0.3) is 11.0 Å². The van der Waals surface area contributed by atoms with Crippen LogP contribution in [0, 0.1) is 6.92 Å².